The summed E-state index contributed by atoms with van der Waals surface area (Å²) >= 11 is 0. The predicted molar refractivity (Wildman–Crippen MR) is 87.0 cm³/mol. The van der Waals surface area contributed by atoms with Gasteiger partial charge in [0.05, 0.1) is 17.5 Å². The van der Waals surface area contributed by atoms with Gasteiger partial charge in [0.2, 0.25) is 5.91 Å². The van der Waals surface area contributed by atoms with E-state index in [-0.39, 0.29) is 18.7 Å². The van der Waals surface area contributed by atoms with E-state index in [4.69, 9.17) is 5.11 Å². The zero-order valence-electron chi connectivity index (χ0n) is 12.2. The first-order valence-electron chi connectivity index (χ1n) is 7.18. The highest BCUT2D eigenvalue weighted by Crippen LogP contribution is 2.22. The van der Waals surface area contributed by atoms with Crippen molar-refractivity contribution in [2.75, 3.05) is 5.32 Å². The van der Waals surface area contributed by atoms with Gasteiger partial charge in [-0.05, 0) is 36.4 Å². The molecule has 6 heteroatoms. The van der Waals surface area contributed by atoms with E-state index in [2.05, 4.69) is 15.3 Å². The second kappa shape index (κ2) is 6.31. The van der Waals surface area contributed by atoms with E-state index < -0.39 is 5.97 Å². The molecule has 6 nitrogen and oxygen atoms in total. The quantitative estimate of drug-likeness (QED) is 0.675. The zero-order valence-corrected chi connectivity index (χ0v) is 12.2. The van der Waals surface area contributed by atoms with E-state index in [1.54, 1.807) is 12.1 Å². The maximum atomic E-state index is 11.6. The molecule has 0 saturated carbocycles. The van der Waals surface area contributed by atoms with Crippen molar-refractivity contribution in [3.63, 3.8) is 0 Å². The number of carboxylic acid groups (broad SMARTS) is 1. The summed E-state index contributed by atoms with van der Waals surface area (Å²) in [5, 5.41) is 11.2. The lowest BCUT2D eigenvalue weighted by Gasteiger charge is -2.05. The predicted octanol–water partition coefficient (Wildman–Crippen LogP) is 3.03. The Bertz CT molecular complexity index is 820. The Morgan fingerprint density at radius 1 is 1.04 bits per heavy atom. The van der Waals surface area contributed by atoms with Crippen LogP contribution in [0.1, 0.15) is 12.8 Å². The Balaban J connectivity index is 1.71. The van der Waals surface area contributed by atoms with Gasteiger partial charge in [-0.15, -0.1) is 0 Å². The molecule has 116 valence electrons. The Hall–Kier alpha value is -3.15. The number of hydrogen-bond donors (Lipinski definition) is 3. The average Bonchev–Trinajstić information content (AvgIpc) is 2.97. The normalized spacial score (nSPS) is 10.6. The van der Waals surface area contributed by atoms with Crippen LogP contribution in [0.5, 0.6) is 0 Å². The van der Waals surface area contributed by atoms with Crippen LogP contribution in [0.3, 0.4) is 0 Å². The monoisotopic (exact) mass is 309 g/mol. The summed E-state index contributed by atoms with van der Waals surface area (Å²) < 4.78 is 0. The van der Waals surface area contributed by atoms with E-state index in [0.29, 0.717) is 5.69 Å². The number of aromatic nitrogens is 2. The van der Waals surface area contributed by atoms with Crippen molar-refractivity contribution in [1.82, 2.24) is 9.97 Å². The average molecular weight is 309 g/mol. The minimum absolute atomic E-state index is 0.0410. The van der Waals surface area contributed by atoms with Crippen molar-refractivity contribution in [2.24, 2.45) is 0 Å². The number of nitrogens with one attached hydrogen (secondary N) is 2. The summed E-state index contributed by atoms with van der Waals surface area (Å²) in [6.45, 7) is 0. The molecule has 0 aliphatic heterocycles. The molecule has 0 bridgehead atoms. The molecule has 3 aromatic rings. The SMILES string of the molecule is O=C(O)CCC(=O)Nc1ccc(-c2nc3ccccc3[nH]2)cc1. The number of benzene rings is 2. The number of aliphatic carboxylic acids is 1. The molecule has 0 aliphatic rings. The second-order valence-corrected chi connectivity index (χ2v) is 5.12. The summed E-state index contributed by atoms with van der Waals surface area (Å²) in [5.41, 5.74) is 3.40. The lowest BCUT2D eigenvalue weighted by Crippen LogP contribution is -2.13. The molecule has 0 spiro atoms. The molecule has 0 saturated heterocycles. The minimum atomic E-state index is -0.986. The maximum absolute atomic E-state index is 11.6. The van der Waals surface area contributed by atoms with Gasteiger partial charge in [0.25, 0.3) is 0 Å². The number of H-pyrrole nitrogens is 1. The number of rotatable bonds is 5. The number of carbonyl (C=O) groups is 2. The van der Waals surface area contributed by atoms with Crippen LogP contribution in [0.4, 0.5) is 5.69 Å². The summed E-state index contributed by atoms with van der Waals surface area (Å²) in [7, 11) is 0. The lowest BCUT2D eigenvalue weighted by molar-refractivity contribution is -0.138. The van der Waals surface area contributed by atoms with Gasteiger partial charge in [-0.25, -0.2) is 4.98 Å². The van der Waals surface area contributed by atoms with Crippen molar-refractivity contribution in [3.8, 4) is 11.4 Å². The molecule has 3 N–H and O–H groups in total. The third-order valence-electron chi connectivity index (χ3n) is 3.40. The highest BCUT2D eigenvalue weighted by Gasteiger charge is 2.07. The van der Waals surface area contributed by atoms with E-state index in [9.17, 15) is 9.59 Å². The van der Waals surface area contributed by atoms with Crippen molar-refractivity contribution in [1.29, 1.82) is 0 Å². The molecular weight excluding hydrogens is 294 g/mol. The van der Waals surface area contributed by atoms with Crippen molar-refractivity contribution in [3.05, 3.63) is 48.5 Å². The fraction of sp³-hybridized carbons (Fsp3) is 0.118. The zero-order chi connectivity index (χ0) is 16.2. The molecule has 0 radical (unpaired) electrons. The topological polar surface area (TPSA) is 95.1 Å². The van der Waals surface area contributed by atoms with Crippen LogP contribution >= 0.6 is 0 Å². The van der Waals surface area contributed by atoms with Gasteiger partial charge in [-0.1, -0.05) is 12.1 Å². The summed E-state index contributed by atoms with van der Waals surface area (Å²) in [6.07, 6.45) is -0.219. The number of imidazole rings is 1. The number of anilines is 1. The number of para-hydroxylation sites is 2. The van der Waals surface area contributed by atoms with Gasteiger partial charge in [0.15, 0.2) is 0 Å². The van der Waals surface area contributed by atoms with Gasteiger partial charge < -0.3 is 15.4 Å². The molecule has 1 aromatic heterocycles. The van der Waals surface area contributed by atoms with Crippen LogP contribution in [-0.2, 0) is 9.59 Å². The molecule has 0 aliphatic carbocycles. The Labute approximate surface area is 132 Å². The lowest BCUT2D eigenvalue weighted by atomic mass is 10.2. The standard InChI is InChI=1S/C17H15N3O3/c21-15(9-10-16(22)23)18-12-7-5-11(6-8-12)17-19-13-3-1-2-4-14(13)20-17/h1-8H,9-10H2,(H,18,21)(H,19,20)(H,22,23). The highest BCUT2D eigenvalue weighted by molar-refractivity contribution is 5.92. The van der Waals surface area contributed by atoms with Gasteiger partial charge in [0.1, 0.15) is 5.82 Å². The van der Waals surface area contributed by atoms with Crippen LogP contribution < -0.4 is 5.32 Å². The molecule has 1 heterocycles. The number of nitrogens with zero attached hydrogens (tertiary/aromatic N) is 1. The van der Waals surface area contributed by atoms with Gasteiger partial charge in [0, 0.05) is 17.7 Å². The van der Waals surface area contributed by atoms with Gasteiger partial charge in [-0.3, -0.25) is 9.59 Å². The largest absolute Gasteiger partial charge is 0.481 e. The fourth-order valence-corrected chi connectivity index (χ4v) is 2.24. The first-order chi connectivity index (χ1) is 11.1. The third kappa shape index (κ3) is 3.55. The van der Waals surface area contributed by atoms with Gasteiger partial charge in [-0.2, -0.15) is 0 Å². The highest BCUT2D eigenvalue weighted by atomic mass is 16.4. The van der Waals surface area contributed by atoms with E-state index in [0.717, 1.165) is 22.4 Å². The minimum Gasteiger partial charge on any atom is -0.481 e. The summed E-state index contributed by atoms with van der Waals surface area (Å²) in [5.74, 6) is -0.542. The molecule has 2 aromatic carbocycles. The Morgan fingerprint density at radius 2 is 1.78 bits per heavy atom. The molecule has 3 rings (SSSR count). The van der Waals surface area contributed by atoms with E-state index >= 15 is 0 Å². The number of carboxylic acids is 1. The van der Waals surface area contributed by atoms with Crippen molar-refractivity contribution < 1.29 is 14.7 Å². The summed E-state index contributed by atoms with van der Waals surface area (Å²) in [6, 6.07) is 15.0. The maximum Gasteiger partial charge on any atom is 0.303 e. The molecule has 1 amide bonds. The molecule has 0 fully saturated rings. The molecular formula is C17H15N3O3. The van der Waals surface area contributed by atoms with E-state index in [1.165, 1.54) is 0 Å². The van der Waals surface area contributed by atoms with Crippen LogP contribution in [0.2, 0.25) is 0 Å². The number of amides is 1. The summed E-state index contributed by atoms with van der Waals surface area (Å²) in [4.78, 5) is 29.8. The van der Waals surface area contributed by atoms with Crippen LogP contribution in [0, 0.1) is 0 Å². The van der Waals surface area contributed by atoms with Crippen LogP contribution in [0.15, 0.2) is 48.5 Å². The number of fused-ring (bicyclic) bond motifs is 1. The molecule has 0 unspecified atom stereocenters. The first kappa shape index (κ1) is 14.8. The van der Waals surface area contributed by atoms with Crippen molar-refractivity contribution in [2.45, 2.75) is 12.8 Å². The van der Waals surface area contributed by atoms with E-state index in [1.807, 2.05) is 36.4 Å². The van der Waals surface area contributed by atoms with Crippen molar-refractivity contribution >= 4 is 28.6 Å². The number of aromatic amines is 1. The smallest absolute Gasteiger partial charge is 0.303 e. The first-order valence-corrected chi connectivity index (χ1v) is 7.18. The fourth-order valence-electron chi connectivity index (χ4n) is 2.24. The van der Waals surface area contributed by atoms with Crippen LogP contribution in [0.25, 0.3) is 22.4 Å². The van der Waals surface area contributed by atoms with Crippen LogP contribution in [-0.4, -0.2) is 27.0 Å². The molecule has 23 heavy (non-hydrogen) atoms. The second-order valence-electron chi connectivity index (χ2n) is 5.12. The Morgan fingerprint density at radius 3 is 2.48 bits per heavy atom. The Kier molecular flexibility index (Phi) is 4.05. The third-order valence-corrected chi connectivity index (χ3v) is 3.40. The number of hydrogen-bond acceptors (Lipinski definition) is 3. The number of carbonyl (C=O) groups excluding carboxylic acids is 1. The molecule has 0 atom stereocenters. The van der Waals surface area contributed by atoms with Gasteiger partial charge >= 0.3 is 5.97 Å².